The van der Waals surface area contributed by atoms with Crippen molar-refractivity contribution in [2.75, 3.05) is 20.5 Å². The first-order chi connectivity index (χ1) is 12.3. The molecule has 3 heterocycles. The van der Waals surface area contributed by atoms with Gasteiger partial charge in [-0.25, -0.2) is 0 Å². The van der Waals surface area contributed by atoms with Gasteiger partial charge >= 0.3 is 0 Å². The van der Waals surface area contributed by atoms with Crippen LogP contribution in [0.4, 0.5) is 0 Å². The van der Waals surface area contributed by atoms with Crippen LogP contribution in [-0.2, 0) is 6.42 Å². The average Bonchev–Trinajstić information content (AvgIpc) is 3.38. The van der Waals surface area contributed by atoms with Crippen LogP contribution in [0, 0.1) is 0 Å². The minimum absolute atomic E-state index is 0.184. The van der Waals surface area contributed by atoms with Crippen molar-refractivity contribution < 1.29 is 18.9 Å². The standard InChI is InChI=1S/C18H15N3O4/c1-22-14-7-12(8-15-18(14)25-9-24-15)17-16(19-21-20-17)11-3-2-10-4-5-23-13(10)6-11/h2-3,6-8H,4-5,9H2,1H3,(H,19,20,21). The molecule has 7 nitrogen and oxygen atoms in total. The van der Waals surface area contributed by atoms with Gasteiger partial charge in [0.2, 0.25) is 12.5 Å². The van der Waals surface area contributed by atoms with Gasteiger partial charge in [0.05, 0.1) is 19.4 Å². The van der Waals surface area contributed by atoms with Gasteiger partial charge in [-0.1, -0.05) is 17.3 Å². The molecule has 0 spiro atoms. The molecule has 1 aromatic heterocycles. The molecular weight excluding hydrogens is 322 g/mol. The number of fused-ring (bicyclic) bond motifs is 2. The zero-order chi connectivity index (χ0) is 16.8. The van der Waals surface area contributed by atoms with Crippen LogP contribution >= 0.6 is 0 Å². The molecule has 0 bridgehead atoms. The molecule has 7 heteroatoms. The SMILES string of the molecule is COc1cc(-c2nn[nH]c2-c2ccc3c(c2)OCC3)cc2c1OCO2. The minimum Gasteiger partial charge on any atom is -0.493 e. The lowest BCUT2D eigenvalue weighted by molar-refractivity contribution is 0.171. The van der Waals surface area contributed by atoms with Crippen LogP contribution in [-0.4, -0.2) is 35.9 Å². The van der Waals surface area contributed by atoms with E-state index in [0.29, 0.717) is 17.2 Å². The summed E-state index contributed by atoms with van der Waals surface area (Å²) in [6.07, 6.45) is 0.947. The summed E-state index contributed by atoms with van der Waals surface area (Å²) in [5.41, 5.74) is 4.57. The number of nitrogens with one attached hydrogen (secondary N) is 1. The number of H-pyrrole nitrogens is 1. The van der Waals surface area contributed by atoms with Crippen molar-refractivity contribution in [1.82, 2.24) is 15.4 Å². The Morgan fingerprint density at radius 3 is 2.88 bits per heavy atom. The molecule has 0 amide bonds. The molecule has 0 aliphatic carbocycles. The molecule has 126 valence electrons. The molecule has 0 fully saturated rings. The topological polar surface area (TPSA) is 78.5 Å². The Morgan fingerprint density at radius 2 is 1.96 bits per heavy atom. The molecule has 25 heavy (non-hydrogen) atoms. The van der Waals surface area contributed by atoms with Gasteiger partial charge in [-0.05, 0) is 23.8 Å². The molecule has 0 atom stereocenters. The molecule has 0 radical (unpaired) electrons. The second kappa shape index (κ2) is 5.41. The molecule has 0 saturated carbocycles. The number of aromatic nitrogens is 3. The second-order valence-corrected chi connectivity index (χ2v) is 5.87. The lowest BCUT2D eigenvalue weighted by atomic mass is 10.0. The minimum atomic E-state index is 0.184. The van der Waals surface area contributed by atoms with Crippen LogP contribution in [0.2, 0.25) is 0 Å². The normalized spacial score (nSPS) is 14.3. The Kier molecular flexibility index (Phi) is 3.06. The predicted molar refractivity (Wildman–Crippen MR) is 89.1 cm³/mol. The molecule has 0 saturated heterocycles. The van der Waals surface area contributed by atoms with Crippen molar-refractivity contribution in [1.29, 1.82) is 0 Å². The third-order valence-corrected chi connectivity index (χ3v) is 4.47. The average molecular weight is 337 g/mol. The number of benzene rings is 2. The van der Waals surface area contributed by atoms with Crippen LogP contribution in [0.15, 0.2) is 30.3 Å². The van der Waals surface area contributed by atoms with Gasteiger partial charge in [0.1, 0.15) is 11.4 Å². The zero-order valence-corrected chi connectivity index (χ0v) is 13.5. The number of hydrogen-bond donors (Lipinski definition) is 1. The van der Waals surface area contributed by atoms with Crippen molar-refractivity contribution in [2.24, 2.45) is 0 Å². The van der Waals surface area contributed by atoms with E-state index >= 15 is 0 Å². The first-order valence-corrected chi connectivity index (χ1v) is 7.98. The fraction of sp³-hybridized carbons (Fsp3) is 0.222. The monoisotopic (exact) mass is 337 g/mol. The van der Waals surface area contributed by atoms with E-state index in [4.69, 9.17) is 18.9 Å². The van der Waals surface area contributed by atoms with E-state index in [1.54, 1.807) is 7.11 Å². The van der Waals surface area contributed by atoms with Crippen molar-refractivity contribution in [3.63, 3.8) is 0 Å². The number of ether oxygens (including phenoxy) is 4. The van der Waals surface area contributed by atoms with Crippen molar-refractivity contribution in [2.45, 2.75) is 6.42 Å². The van der Waals surface area contributed by atoms with Crippen molar-refractivity contribution >= 4 is 0 Å². The van der Waals surface area contributed by atoms with Crippen LogP contribution in [0.5, 0.6) is 23.0 Å². The number of methoxy groups -OCH3 is 1. The van der Waals surface area contributed by atoms with Crippen LogP contribution in [0.25, 0.3) is 22.5 Å². The summed E-state index contributed by atoms with van der Waals surface area (Å²) in [4.78, 5) is 0. The van der Waals surface area contributed by atoms with Gasteiger partial charge in [-0.3, -0.25) is 5.10 Å². The number of aromatic amines is 1. The highest BCUT2D eigenvalue weighted by Crippen LogP contribution is 2.45. The van der Waals surface area contributed by atoms with Gasteiger partial charge in [0.15, 0.2) is 11.5 Å². The van der Waals surface area contributed by atoms with E-state index in [2.05, 4.69) is 27.5 Å². The lowest BCUT2D eigenvalue weighted by Crippen LogP contribution is -1.93. The number of hydrogen-bond acceptors (Lipinski definition) is 6. The summed E-state index contributed by atoms with van der Waals surface area (Å²) in [7, 11) is 1.60. The van der Waals surface area contributed by atoms with Crippen LogP contribution < -0.4 is 18.9 Å². The number of nitrogens with zero attached hydrogens (tertiary/aromatic N) is 2. The van der Waals surface area contributed by atoms with E-state index in [9.17, 15) is 0 Å². The molecule has 2 aromatic carbocycles. The Morgan fingerprint density at radius 1 is 1.04 bits per heavy atom. The second-order valence-electron chi connectivity index (χ2n) is 5.87. The van der Waals surface area contributed by atoms with E-state index in [1.807, 2.05) is 18.2 Å². The molecule has 2 aliphatic rings. The summed E-state index contributed by atoms with van der Waals surface area (Å²) in [6.45, 7) is 0.912. The van der Waals surface area contributed by atoms with E-state index in [0.717, 1.165) is 41.3 Å². The molecule has 1 N–H and O–H groups in total. The Hall–Kier alpha value is -3.22. The quantitative estimate of drug-likeness (QED) is 0.792. The lowest BCUT2D eigenvalue weighted by Gasteiger charge is -2.08. The summed E-state index contributed by atoms with van der Waals surface area (Å²) in [5, 5.41) is 11.2. The fourth-order valence-electron chi connectivity index (χ4n) is 3.22. The molecule has 2 aliphatic heterocycles. The molecule has 0 unspecified atom stereocenters. The molecular formula is C18H15N3O4. The van der Waals surface area contributed by atoms with Crippen molar-refractivity contribution in [3.8, 4) is 45.5 Å². The highest BCUT2D eigenvalue weighted by Gasteiger charge is 2.23. The Bertz CT molecular complexity index is 967. The largest absolute Gasteiger partial charge is 0.493 e. The third kappa shape index (κ3) is 2.20. The third-order valence-electron chi connectivity index (χ3n) is 4.47. The molecule has 5 rings (SSSR count). The van der Waals surface area contributed by atoms with Gasteiger partial charge in [-0.2, -0.15) is 0 Å². The van der Waals surface area contributed by atoms with Crippen LogP contribution in [0.1, 0.15) is 5.56 Å². The summed E-state index contributed by atoms with van der Waals surface area (Å²) in [6, 6.07) is 9.92. The van der Waals surface area contributed by atoms with Gasteiger partial charge < -0.3 is 18.9 Å². The molecule has 3 aromatic rings. The van der Waals surface area contributed by atoms with E-state index < -0.39 is 0 Å². The summed E-state index contributed by atoms with van der Waals surface area (Å²) < 4.78 is 22.0. The smallest absolute Gasteiger partial charge is 0.231 e. The summed E-state index contributed by atoms with van der Waals surface area (Å²) >= 11 is 0. The highest BCUT2D eigenvalue weighted by molar-refractivity contribution is 5.81. The van der Waals surface area contributed by atoms with Gasteiger partial charge in [0, 0.05) is 17.5 Å². The Balaban J connectivity index is 1.62. The predicted octanol–water partition coefficient (Wildman–Crippen LogP) is 2.81. The maximum atomic E-state index is 5.67. The van der Waals surface area contributed by atoms with Crippen molar-refractivity contribution in [3.05, 3.63) is 35.9 Å². The zero-order valence-electron chi connectivity index (χ0n) is 13.5. The highest BCUT2D eigenvalue weighted by atomic mass is 16.7. The fourth-order valence-corrected chi connectivity index (χ4v) is 3.22. The Labute approximate surface area is 143 Å². The number of rotatable bonds is 3. The maximum absolute atomic E-state index is 5.67. The van der Waals surface area contributed by atoms with E-state index in [-0.39, 0.29) is 6.79 Å². The first kappa shape index (κ1) is 14.2. The van der Waals surface area contributed by atoms with E-state index in [1.165, 1.54) is 5.56 Å². The van der Waals surface area contributed by atoms with Gasteiger partial charge in [0.25, 0.3) is 0 Å². The van der Waals surface area contributed by atoms with Crippen LogP contribution in [0.3, 0.4) is 0 Å². The van der Waals surface area contributed by atoms with Gasteiger partial charge in [-0.15, -0.1) is 5.10 Å². The summed E-state index contributed by atoms with van der Waals surface area (Å²) in [5.74, 6) is 2.78. The maximum Gasteiger partial charge on any atom is 0.231 e. The first-order valence-electron chi connectivity index (χ1n) is 7.98.